The van der Waals surface area contributed by atoms with Crippen LogP contribution in [0.15, 0.2) is 0 Å². The van der Waals surface area contributed by atoms with Gasteiger partial charge in [-0.25, -0.2) is 0 Å². The zero-order chi connectivity index (χ0) is 5.15. The number of ketones is 2. The summed E-state index contributed by atoms with van der Waals surface area (Å²) in [6.45, 7) is 2.50. The smallest absolute Gasteiger partial charge is 0.195 e. The van der Waals surface area contributed by atoms with Crippen molar-refractivity contribution in [2.75, 3.05) is 0 Å². The molecule has 0 atom stereocenters. The van der Waals surface area contributed by atoms with Crippen LogP contribution in [0.25, 0.3) is 0 Å². The fourth-order valence-electron chi connectivity index (χ4n) is 0. The van der Waals surface area contributed by atoms with Gasteiger partial charge in [-0.05, 0) is 0 Å². The van der Waals surface area contributed by atoms with E-state index in [0.717, 1.165) is 0 Å². The van der Waals surface area contributed by atoms with Gasteiger partial charge in [0.15, 0.2) is 11.6 Å². The van der Waals surface area contributed by atoms with Crippen LogP contribution in [-0.2, 0) is 9.59 Å². The molecule has 0 aliphatic carbocycles. The Morgan fingerprint density at radius 2 is 1.14 bits per heavy atom. The average Bonchev–Trinajstić information content (AvgIpc) is 1.36. The highest BCUT2D eigenvalue weighted by atomic mass is 79.9. The van der Waals surface area contributed by atoms with Crippen molar-refractivity contribution in [3.63, 3.8) is 0 Å². The molecule has 3 heteroatoms. The van der Waals surface area contributed by atoms with Gasteiger partial charge in [-0.2, -0.15) is 0 Å². The summed E-state index contributed by atoms with van der Waals surface area (Å²) in [6.07, 6.45) is 0. The van der Waals surface area contributed by atoms with Crippen LogP contribution in [0.5, 0.6) is 0 Å². The first-order chi connectivity index (χ1) is 2.64. The van der Waals surface area contributed by atoms with Gasteiger partial charge < -0.3 is 0 Å². The molecular formula is C4H7BrO2. The van der Waals surface area contributed by atoms with E-state index >= 15 is 0 Å². The highest BCUT2D eigenvalue weighted by Crippen LogP contribution is 1.66. The normalized spacial score (nSPS) is 6.57. The minimum Gasteiger partial charge on any atom is -0.291 e. The van der Waals surface area contributed by atoms with Gasteiger partial charge in [0.2, 0.25) is 0 Å². The molecule has 0 aromatic heterocycles. The van der Waals surface area contributed by atoms with Gasteiger partial charge in [-0.3, -0.25) is 9.59 Å². The maximum Gasteiger partial charge on any atom is 0.195 e. The molecule has 0 bridgehead atoms. The second kappa shape index (κ2) is 3.99. The molecule has 0 aromatic rings. The molecule has 0 spiro atoms. The van der Waals surface area contributed by atoms with Gasteiger partial charge in [0.05, 0.1) is 0 Å². The second-order valence-electron chi connectivity index (χ2n) is 1.11. The van der Waals surface area contributed by atoms with Crippen LogP contribution < -0.4 is 0 Å². The van der Waals surface area contributed by atoms with Crippen LogP contribution in [0.2, 0.25) is 0 Å². The molecule has 0 saturated heterocycles. The first-order valence-electron chi connectivity index (χ1n) is 1.66. The van der Waals surface area contributed by atoms with E-state index in [-0.39, 0.29) is 28.5 Å². The number of rotatable bonds is 1. The number of carbonyl (C=O) groups is 2. The van der Waals surface area contributed by atoms with Crippen molar-refractivity contribution in [2.24, 2.45) is 0 Å². The lowest BCUT2D eigenvalue weighted by atomic mass is 10.3. The number of carbonyl (C=O) groups excluding carboxylic acids is 2. The molecule has 2 nitrogen and oxygen atoms in total. The topological polar surface area (TPSA) is 34.1 Å². The van der Waals surface area contributed by atoms with Crippen molar-refractivity contribution >= 4 is 28.5 Å². The minimum absolute atomic E-state index is 0. The van der Waals surface area contributed by atoms with E-state index in [9.17, 15) is 9.59 Å². The van der Waals surface area contributed by atoms with E-state index in [1.54, 1.807) is 0 Å². The Kier molecular flexibility index (Phi) is 5.67. The Morgan fingerprint density at radius 1 is 1.00 bits per heavy atom. The summed E-state index contributed by atoms with van der Waals surface area (Å²) in [5.41, 5.74) is 0. The van der Waals surface area contributed by atoms with Crippen molar-refractivity contribution in [1.29, 1.82) is 0 Å². The quantitative estimate of drug-likeness (QED) is 0.539. The molecule has 0 rings (SSSR count). The van der Waals surface area contributed by atoms with Crippen LogP contribution in [0.3, 0.4) is 0 Å². The maximum absolute atomic E-state index is 9.79. The van der Waals surface area contributed by atoms with Crippen LogP contribution in [0.4, 0.5) is 0 Å². The van der Waals surface area contributed by atoms with Crippen LogP contribution >= 0.6 is 17.0 Å². The van der Waals surface area contributed by atoms with Crippen molar-refractivity contribution < 1.29 is 9.59 Å². The molecule has 0 amide bonds. The van der Waals surface area contributed by atoms with E-state index in [4.69, 9.17) is 0 Å². The third kappa shape index (κ3) is 5.82. The first kappa shape index (κ1) is 9.94. The SMILES string of the molecule is Br.CC(=O)C(C)=O. The summed E-state index contributed by atoms with van der Waals surface area (Å²) in [4.78, 5) is 19.6. The predicted molar refractivity (Wildman–Crippen MR) is 31.7 cm³/mol. The summed E-state index contributed by atoms with van der Waals surface area (Å²) < 4.78 is 0. The Balaban J connectivity index is 0. The maximum atomic E-state index is 9.79. The summed E-state index contributed by atoms with van der Waals surface area (Å²) >= 11 is 0. The molecular weight excluding hydrogens is 160 g/mol. The number of halogens is 1. The molecule has 0 unspecified atom stereocenters. The lowest BCUT2D eigenvalue weighted by Gasteiger charge is -1.73. The molecule has 0 N–H and O–H groups in total. The molecule has 0 radical (unpaired) electrons. The average molecular weight is 167 g/mol. The summed E-state index contributed by atoms with van der Waals surface area (Å²) in [5, 5.41) is 0. The molecule has 0 aromatic carbocycles. The van der Waals surface area contributed by atoms with E-state index in [2.05, 4.69) is 0 Å². The van der Waals surface area contributed by atoms with Crippen molar-refractivity contribution in [1.82, 2.24) is 0 Å². The Hall–Kier alpha value is -0.180. The Bertz CT molecular complexity index is 75.7. The number of Topliss-reactive ketones (excluding diaryl/α,β-unsaturated/α-hetero) is 2. The minimum atomic E-state index is -0.380. The van der Waals surface area contributed by atoms with Gasteiger partial charge in [0.25, 0.3) is 0 Å². The summed E-state index contributed by atoms with van der Waals surface area (Å²) in [6, 6.07) is 0. The zero-order valence-electron chi connectivity index (χ0n) is 4.22. The van der Waals surface area contributed by atoms with Gasteiger partial charge in [0.1, 0.15) is 0 Å². The van der Waals surface area contributed by atoms with Crippen molar-refractivity contribution in [3.8, 4) is 0 Å². The van der Waals surface area contributed by atoms with Crippen molar-refractivity contribution in [2.45, 2.75) is 13.8 Å². The number of hydrogen-bond donors (Lipinski definition) is 0. The summed E-state index contributed by atoms with van der Waals surface area (Å²) in [5.74, 6) is -0.759. The monoisotopic (exact) mass is 166 g/mol. The third-order valence-electron chi connectivity index (χ3n) is 0.496. The van der Waals surface area contributed by atoms with Crippen LogP contribution in [0, 0.1) is 0 Å². The highest BCUT2D eigenvalue weighted by molar-refractivity contribution is 8.93. The fourth-order valence-corrected chi connectivity index (χ4v) is 0. The Morgan fingerprint density at radius 3 is 1.14 bits per heavy atom. The fraction of sp³-hybridized carbons (Fsp3) is 0.500. The van der Waals surface area contributed by atoms with E-state index in [0.29, 0.717) is 0 Å². The third-order valence-corrected chi connectivity index (χ3v) is 0.496. The van der Waals surface area contributed by atoms with Gasteiger partial charge in [-0.1, -0.05) is 0 Å². The number of hydrogen-bond acceptors (Lipinski definition) is 2. The summed E-state index contributed by atoms with van der Waals surface area (Å²) in [7, 11) is 0. The van der Waals surface area contributed by atoms with E-state index in [1.165, 1.54) is 13.8 Å². The molecule has 0 fully saturated rings. The lowest BCUT2D eigenvalue weighted by Crippen LogP contribution is -2.01. The van der Waals surface area contributed by atoms with Gasteiger partial charge >= 0.3 is 0 Å². The van der Waals surface area contributed by atoms with Crippen LogP contribution in [0.1, 0.15) is 13.8 Å². The largest absolute Gasteiger partial charge is 0.291 e. The molecule has 0 heterocycles. The molecule has 0 saturated carbocycles. The van der Waals surface area contributed by atoms with E-state index in [1.807, 2.05) is 0 Å². The van der Waals surface area contributed by atoms with Gasteiger partial charge in [0, 0.05) is 13.8 Å². The van der Waals surface area contributed by atoms with E-state index < -0.39 is 0 Å². The highest BCUT2D eigenvalue weighted by Gasteiger charge is 1.94. The molecule has 42 valence electrons. The first-order valence-corrected chi connectivity index (χ1v) is 1.66. The molecule has 0 aliphatic rings. The lowest BCUT2D eigenvalue weighted by molar-refractivity contribution is -0.134. The Labute approximate surface area is 52.7 Å². The van der Waals surface area contributed by atoms with Crippen LogP contribution in [-0.4, -0.2) is 11.6 Å². The predicted octanol–water partition coefficient (Wildman–Crippen LogP) is 0.742. The standard InChI is InChI=1S/C4H6O2.BrH/c1-3(5)4(2)6;/h1-2H3;1H. The van der Waals surface area contributed by atoms with Crippen molar-refractivity contribution in [3.05, 3.63) is 0 Å². The molecule has 7 heavy (non-hydrogen) atoms. The second-order valence-corrected chi connectivity index (χ2v) is 1.11. The molecule has 0 aliphatic heterocycles. The van der Waals surface area contributed by atoms with Gasteiger partial charge in [-0.15, -0.1) is 17.0 Å². The zero-order valence-corrected chi connectivity index (χ0v) is 5.94.